The molecule has 5 heteroatoms. The second kappa shape index (κ2) is 6.77. The monoisotopic (exact) mass is 300 g/mol. The summed E-state index contributed by atoms with van der Waals surface area (Å²) in [4.78, 5) is 4.02. The Morgan fingerprint density at radius 3 is 2.19 bits per heavy atom. The molecule has 1 aromatic rings. The van der Waals surface area contributed by atoms with Crippen molar-refractivity contribution >= 4 is 0 Å². The van der Waals surface area contributed by atoms with Gasteiger partial charge in [0.1, 0.15) is 0 Å². The van der Waals surface area contributed by atoms with Crippen LogP contribution in [-0.2, 0) is 0 Å². The lowest BCUT2D eigenvalue weighted by Crippen LogP contribution is -2.41. The number of alkyl halides is 3. The highest BCUT2D eigenvalue weighted by Crippen LogP contribution is 2.42. The number of hydrogen-bond donors (Lipinski definition) is 1. The van der Waals surface area contributed by atoms with Crippen LogP contribution in [0.1, 0.15) is 44.1 Å². The minimum Gasteiger partial charge on any atom is -0.316 e. The van der Waals surface area contributed by atoms with Crippen molar-refractivity contribution < 1.29 is 13.2 Å². The maximum atomic E-state index is 12.8. The average Bonchev–Trinajstić information content (AvgIpc) is 2.48. The van der Waals surface area contributed by atoms with Gasteiger partial charge in [0.25, 0.3) is 0 Å². The van der Waals surface area contributed by atoms with Gasteiger partial charge in [0, 0.05) is 18.4 Å². The van der Waals surface area contributed by atoms with Gasteiger partial charge in [0.05, 0.1) is 5.92 Å². The fourth-order valence-corrected chi connectivity index (χ4v) is 3.57. The lowest BCUT2D eigenvalue weighted by atomic mass is 9.74. The van der Waals surface area contributed by atoms with Crippen LogP contribution in [0.4, 0.5) is 13.2 Å². The first-order chi connectivity index (χ1) is 9.93. The highest BCUT2D eigenvalue weighted by atomic mass is 19.4. The van der Waals surface area contributed by atoms with E-state index in [1.165, 1.54) is 5.56 Å². The highest BCUT2D eigenvalue weighted by Gasteiger charge is 2.42. The Bertz CT molecular complexity index is 425. The van der Waals surface area contributed by atoms with E-state index in [0.717, 1.165) is 0 Å². The van der Waals surface area contributed by atoms with E-state index < -0.39 is 12.1 Å². The van der Waals surface area contributed by atoms with E-state index in [0.29, 0.717) is 18.8 Å². The van der Waals surface area contributed by atoms with Gasteiger partial charge in [-0.15, -0.1) is 0 Å². The summed E-state index contributed by atoms with van der Waals surface area (Å²) in [7, 11) is 1.90. The van der Waals surface area contributed by atoms with Crippen molar-refractivity contribution in [3.05, 3.63) is 30.1 Å². The summed E-state index contributed by atoms with van der Waals surface area (Å²) < 4.78 is 38.3. The summed E-state index contributed by atoms with van der Waals surface area (Å²) in [5, 5.41) is 3.32. The van der Waals surface area contributed by atoms with E-state index in [-0.39, 0.29) is 24.8 Å². The number of likely N-dealkylation sites (N-methyl/N-ethyl adjacent to an activating group) is 1. The Hall–Kier alpha value is -1.10. The van der Waals surface area contributed by atoms with E-state index in [1.807, 2.05) is 19.2 Å². The Morgan fingerprint density at radius 2 is 1.71 bits per heavy atom. The summed E-state index contributed by atoms with van der Waals surface area (Å²) in [5.74, 6) is -0.537. The first-order valence-corrected chi connectivity index (χ1v) is 7.57. The molecule has 0 aromatic carbocycles. The van der Waals surface area contributed by atoms with Crippen LogP contribution in [0.25, 0.3) is 0 Å². The van der Waals surface area contributed by atoms with Crippen molar-refractivity contribution in [1.29, 1.82) is 0 Å². The van der Waals surface area contributed by atoms with Gasteiger partial charge in [-0.3, -0.25) is 4.98 Å². The van der Waals surface area contributed by atoms with Gasteiger partial charge in [0.2, 0.25) is 0 Å². The fourth-order valence-electron chi connectivity index (χ4n) is 3.57. The van der Waals surface area contributed by atoms with Gasteiger partial charge in [-0.05, 0) is 62.3 Å². The number of nitrogens with zero attached hydrogens (tertiary/aromatic N) is 1. The second-order valence-electron chi connectivity index (χ2n) is 6.04. The van der Waals surface area contributed by atoms with Crippen molar-refractivity contribution in [1.82, 2.24) is 10.3 Å². The zero-order valence-electron chi connectivity index (χ0n) is 12.5. The molecule has 2 rings (SSSR count). The molecule has 118 valence electrons. The Morgan fingerprint density at radius 1 is 1.14 bits per heavy atom. The van der Waals surface area contributed by atoms with Crippen molar-refractivity contribution in [2.75, 3.05) is 7.05 Å². The Labute approximate surface area is 124 Å². The quantitative estimate of drug-likeness (QED) is 0.904. The van der Waals surface area contributed by atoms with Crippen molar-refractivity contribution in [2.24, 2.45) is 11.8 Å². The molecule has 0 bridgehead atoms. The van der Waals surface area contributed by atoms with Gasteiger partial charge >= 0.3 is 6.18 Å². The molecule has 2 unspecified atom stereocenters. The minimum atomic E-state index is -4.03. The number of pyridine rings is 1. The third-order valence-corrected chi connectivity index (χ3v) is 4.85. The molecule has 1 N–H and O–H groups in total. The third-order valence-electron chi connectivity index (χ3n) is 4.85. The van der Waals surface area contributed by atoms with Crippen molar-refractivity contribution in [3.8, 4) is 0 Å². The normalized spacial score (nSPS) is 26.3. The topological polar surface area (TPSA) is 24.9 Å². The predicted molar refractivity (Wildman–Crippen MR) is 77.0 cm³/mol. The summed E-state index contributed by atoms with van der Waals surface area (Å²) >= 11 is 0. The lowest BCUT2D eigenvalue weighted by molar-refractivity contribution is -0.184. The predicted octanol–water partition coefficient (Wildman–Crippen LogP) is 4.14. The average molecular weight is 300 g/mol. The molecule has 21 heavy (non-hydrogen) atoms. The Kier molecular flexibility index (Phi) is 5.25. The molecule has 0 saturated heterocycles. The van der Waals surface area contributed by atoms with Crippen LogP contribution in [0, 0.1) is 11.8 Å². The molecular formula is C16H23F3N2. The maximum Gasteiger partial charge on any atom is 0.391 e. The van der Waals surface area contributed by atoms with E-state index in [9.17, 15) is 13.2 Å². The zero-order valence-corrected chi connectivity index (χ0v) is 12.5. The van der Waals surface area contributed by atoms with Crippen LogP contribution in [-0.4, -0.2) is 24.2 Å². The van der Waals surface area contributed by atoms with Crippen LogP contribution in [0.15, 0.2) is 24.5 Å². The van der Waals surface area contributed by atoms with Gasteiger partial charge in [-0.25, -0.2) is 0 Å². The van der Waals surface area contributed by atoms with Gasteiger partial charge in [-0.1, -0.05) is 6.92 Å². The van der Waals surface area contributed by atoms with E-state index in [1.54, 1.807) is 12.4 Å². The molecule has 1 aromatic heterocycles. The van der Waals surface area contributed by atoms with Gasteiger partial charge < -0.3 is 5.32 Å². The standard InChI is InChI=1S/C16H23F3N2/c1-11(12-7-9-21-10-8-12)15(20-2)13-3-5-14(6-4-13)16(17,18)19/h7-11,13-15,20H,3-6H2,1-2H3. The smallest absolute Gasteiger partial charge is 0.316 e. The lowest BCUT2D eigenvalue weighted by Gasteiger charge is -2.37. The van der Waals surface area contributed by atoms with Crippen molar-refractivity contribution in [3.63, 3.8) is 0 Å². The molecule has 2 nitrogen and oxygen atoms in total. The number of hydrogen-bond acceptors (Lipinski definition) is 2. The van der Waals surface area contributed by atoms with E-state index in [4.69, 9.17) is 0 Å². The molecular weight excluding hydrogens is 277 g/mol. The molecule has 1 aliphatic rings. The number of halogens is 3. The fraction of sp³-hybridized carbons (Fsp3) is 0.688. The molecule has 1 heterocycles. The van der Waals surface area contributed by atoms with Crippen LogP contribution in [0.2, 0.25) is 0 Å². The molecule has 0 aliphatic heterocycles. The molecule has 1 fully saturated rings. The van der Waals surface area contributed by atoms with Crippen molar-refractivity contribution in [2.45, 2.75) is 50.7 Å². The van der Waals surface area contributed by atoms with Gasteiger partial charge in [0.15, 0.2) is 0 Å². The van der Waals surface area contributed by atoms with Gasteiger partial charge in [-0.2, -0.15) is 13.2 Å². The first kappa shape index (κ1) is 16.3. The number of rotatable bonds is 4. The second-order valence-corrected chi connectivity index (χ2v) is 6.04. The summed E-state index contributed by atoms with van der Waals surface area (Å²) in [6.45, 7) is 2.13. The third kappa shape index (κ3) is 3.96. The molecule has 0 spiro atoms. The molecule has 0 radical (unpaired) electrons. The van der Waals surface area contributed by atoms with E-state index in [2.05, 4.69) is 17.2 Å². The number of nitrogens with one attached hydrogen (secondary N) is 1. The van der Waals surface area contributed by atoms with Crippen LogP contribution in [0.5, 0.6) is 0 Å². The van der Waals surface area contributed by atoms with Crippen LogP contribution < -0.4 is 5.32 Å². The maximum absolute atomic E-state index is 12.8. The highest BCUT2D eigenvalue weighted by molar-refractivity contribution is 5.17. The van der Waals surface area contributed by atoms with Crippen LogP contribution in [0.3, 0.4) is 0 Å². The Balaban J connectivity index is 2.00. The zero-order chi connectivity index (χ0) is 15.5. The first-order valence-electron chi connectivity index (χ1n) is 7.57. The minimum absolute atomic E-state index is 0.210. The molecule has 2 atom stereocenters. The molecule has 1 aliphatic carbocycles. The number of aromatic nitrogens is 1. The largest absolute Gasteiger partial charge is 0.391 e. The summed E-state index contributed by atoms with van der Waals surface area (Å²) in [6, 6.07) is 4.17. The molecule has 0 amide bonds. The summed E-state index contributed by atoms with van der Waals surface area (Å²) in [6.07, 6.45) is 1.30. The van der Waals surface area contributed by atoms with E-state index >= 15 is 0 Å². The SMILES string of the molecule is CNC(C1CCC(C(F)(F)F)CC1)C(C)c1ccncc1. The molecule has 1 saturated carbocycles. The summed E-state index contributed by atoms with van der Waals surface area (Å²) in [5.41, 5.74) is 1.18. The van der Waals surface area contributed by atoms with Crippen LogP contribution >= 0.6 is 0 Å².